The number of aryl methyl sites for hydroxylation is 1. The Bertz CT molecular complexity index is 752. The molecule has 0 spiro atoms. The lowest BCUT2D eigenvalue weighted by Crippen LogP contribution is -1.88. The second-order valence-electron chi connectivity index (χ2n) is 4.16. The second kappa shape index (κ2) is 5.22. The van der Waals surface area contributed by atoms with Gasteiger partial charge in [-0.05, 0) is 30.6 Å². The van der Waals surface area contributed by atoms with Gasteiger partial charge >= 0.3 is 0 Å². The quantitative estimate of drug-likeness (QED) is 0.796. The van der Waals surface area contributed by atoms with Gasteiger partial charge in [-0.3, -0.25) is 0 Å². The van der Waals surface area contributed by atoms with Crippen LogP contribution in [-0.4, -0.2) is 21.6 Å². The molecule has 0 amide bonds. The highest BCUT2D eigenvalue weighted by Gasteiger charge is 2.19. The minimum Gasteiger partial charge on any atom is -0.378 e. The largest absolute Gasteiger partial charge is 0.378 e. The van der Waals surface area contributed by atoms with Gasteiger partial charge in [0.05, 0.1) is 11.3 Å². The lowest BCUT2D eigenvalue weighted by Gasteiger charge is -1.97. The van der Waals surface area contributed by atoms with Crippen LogP contribution >= 0.6 is 23.1 Å². The lowest BCUT2D eigenvalue weighted by molar-refractivity contribution is 0.432. The van der Waals surface area contributed by atoms with Gasteiger partial charge < -0.3 is 9.84 Å². The van der Waals surface area contributed by atoms with E-state index in [1.807, 2.05) is 26.1 Å². The summed E-state index contributed by atoms with van der Waals surface area (Å²) in [6.07, 6.45) is 0. The molecule has 3 rings (SSSR count). The summed E-state index contributed by atoms with van der Waals surface area (Å²) < 4.78 is 9.64. The van der Waals surface area contributed by atoms with Crippen LogP contribution in [0.1, 0.15) is 5.69 Å². The summed E-state index contributed by atoms with van der Waals surface area (Å²) in [6, 6.07) is 7.34. The first-order valence-electron chi connectivity index (χ1n) is 5.93. The maximum atomic E-state index is 5.97. The molecule has 3 aromatic rings. The first kappa shape index (κ1) is 13.1. The number of nitrogens with zero attached hydrogens (tertiary/aromatic N) is 3. The fraction of sp³-hybridized carbons (Fsp3) is 0.154. The Labute approximate surface area is 124 Å². The van der Waals surface area contributed by atoms with E-state index in [1.54, 1.807) is 12.1 Å². The number of aromatic nitrogens is 3. The van der Waals surface area contributed by atoms with E-state index in [0.29, 0.717) is 16.7 Å². The van der Waals surface area contributed by atoms with Crippen LogP contribution in [0, 0.1) is 6.92 Å². The summed E-state index contributed by atoms with van der Waals surface area (Å²) in [5.74, 6) is 0.964. The molecule has 2 heterocycles. The van der Waals surface area contributed by atoms with Crippen molar-refractivity contribution < 1.29 is 4.52 Å². The standard InChI is InChI=1S/C13H11ClN4OS/c1-7-10(13(15-2)20-18-7)12-16-11(17-19-12)8-4-3-5-9(14)6-8/h3-6,15H,1-2H3. The van der Waals surface area contributed by atoms with E-state index in [1.165, 1.54) is 11.5 Å². The third-order valence-electron chi connectivity index (χ3n) is 2.81. The van der Waals surface area contributed by atoms with Crippen LogP contribution in [0.15, 0.2) is 28.8 Å². The molecule has 2 aromatic heterocycles. The average molecular weight is 307 g/mol. The third-order valence-corrected chi connectivity index (χ3v) is 4.00. The molecule has 0 unspecified atom stereocenters. The number of hydrogen-bond acceptors (Lipinski definition) is 6. The Morgan fingerprint density at radius 2 is 2.20 bits per heavy atom. The maximum absolute atomic E-state index is 5.97. The molecule has 1 aromatic carbocycles. The van der Waals surface area contributed by atoms with Crippen molar-refractivity contribution in [3.05, 3.63) is 35.0 Å². The monoisotopic (exact) mass is 306 g/mol. The predicted molar refractivity (Wildman–Crippen MR) is 80.1 cm³/mol. The van der Waals surface area contributed by atoms with Crippen LogP contribution in [0.2, 0.25) is 5.02 Å². The van der Waals surface area contributed by atoms with Crippen molar-refractivity contribution in [2.45, 2.75) is 6.92 Å². The molecule has 1 N–H and O–H groups in total. The maximum Gasteiger partial charge on any atom is 0.263 e. The van der Waals surface area contributed by atoms with Crippen LogP contribution in [0.5, 0.6) is 0 Å². The molecule has 0 aliphatic heterocycles. The first-order valence-corrected chi connectivity index (χ1v) is 7.08. The fourth-order valence-corrected chi connectivity index (χ4v) is 2.79. The van der Waals surface area contributed by atoms with Crippen molar-refractivity contribution in [2.24, 2.45) is 0 Å². The van der Waals surface area contributed by atoms with E-state index in [2.05, 4.69) is 19.8 Å². The lowest BCUT2D eigenvalue weighted by atomic mass is 10.2. The normalized spacial score (nSPS) is 10.8. The minimum absolute atomic E-state index is 0.454. The first-order chi connectivity index (χ1) is 9.69. The summed E-state index contributed by atoms with van der Waals surface area (Å²) >= 11 is 7.34. The highest BCUT2D eigenvalue weighted by molar-refractivity contribution is 7.10. The van der Waals surface area contributed by atoms with Crippen molar-refractivity contribution in [1.82, 2.24) is 14.5 Å². The van der Waals surface area contributed by atoms with E-state index in [-0.39, 0.29) is 0 Å². The van der Waals surface area contributed by atoms with Gasteiger partial charge in [0.25, 0.3) is 5.89 Å². The summed E-state index contributed by atoms with van der Waals surface area (Å²) in [5, 5.41) is 8.63. The van der Waals surface area contributed by atoms with E-state index >= 15 is 0 Å². The van der Waals surface area contributed by atoms with Crippen molar-refractivity contribution in [3.63, 3.8) is 0 Å². The SMILES string of the molecule is CNc1snc(C)c1-c1nc(-c2cccc(Cl)c2)no1. The Morgan fingerprint density at radius 1 is 1.35 bits per heavy atom. The van der Waals surface area contributed by atoms with Gasteiger partial charge in [0.2, 0.25) is 5.82 Å². The molecule has 0 aliphatic rings. The number of anilines is 1. The Balaban J connectivity index is 2.04. The van der Waals surface area contributed by atoms with Gasteiger partial charge in [0.15, 0.2) is 0 Å². The molecule has 0 bridgehead atoms. The van der Waals surface area contributed by atoms with E-state index in [9.17, 15) is 0 Å². The molecule has 5 nitrogen and oxygen atoms in total. The van der Waals surface area contributed by atoms with Crippen molar-refractivity contribution in [2.75, 3.05) is 12.4 Å². The molecule has 0 fully saturated rings. The molecule has 0 saturated carbocycles. The number of rotatable bonds is 3. The number of hydrogen-bond donors (Lipinski definition) is 1. The molecule has 7 heteroatoms. The zero-order chi connectivity index (χ0) is 14.1. The zero-order valence-electron chi connectivity index (χ0n) is 10.8. The molecule has 0 radical (unpaired) electrons. The fourth-order valence-electron chi connectivity index (χ4n) is 1.86. The van der Waals surface area contributed by atoms with Crippen LogP contribution in [0.25, 0.3) is 22.8 Å². The summed E-state index contributed by atoms with van der Waals surface area (Å²) in [4.78, 5) is 4.42. The van der Waals surface area contributed by atoms with Crippen LogP contribution < -0.4 is 5.32 Å². The van der Waals surface area contributed by atoms with E-state index < -0.39 is 0 Å². The molecular formula is C13H11ClN4OS. The topological polar surface area (TPSA) is 63.8 Å². The van der Waals surface area contributed by atoms with Crippen LogP contribution in [0.3, 0.4) is 0 Å². The molecular weight excluding hydrogens is 296 g/mol. The van der Waals surface area contributed by atoms with E-state index in [0.717, 1.165) is 21.8 Å². The molecule has 0 saturated heterocycles. The van der Waals surface area contributed by atoms with E-state index in [4.69, 9.17) is 16.1 Å². The Morgan fingerprint density at radius 3 is 2.95 bits per heavy atom. The van der Waals surface area contributed by atoms with Crippen molar-refractivity contribution >= 4 is 28.1 Å². The number of nitrogens with one attached hydrogen (secondary N) is 1. The minimum atomic E-state index is 0.454. The third kappa shape index (κ3) is 2.28. The number of benzene rings is 1. The van der Waals surface area contributed by atoms with Gasteiger partial charge in [-0.2, -0.15) is 9.36 Å². The Kier molecular flexibility index (Phi) is 3.42. The summed E-state index contributed by atoms with van der Waals surface area (Å²) in [5.41, 5.74) is 2.53. The van der Waals surface area contributed by atoms with Gasteiger partial charge in [0, 0.05) is 17.6 Å². The summed E-state index contributed by atoms with van der Waals surface area (Å²) in [7, 11) is 1.84. The highest BCUT2D eigenvalue weighted by Crippen LogP contribution is 2.34. The smallest absolute Gasteiger partial charge is 0.263 e. The van der Waals surface area contributed by atoms with Crippen molar-refractivity contribution in [3.8, 4) is 22.8 Å². The van der Waals surface area contributed by atoms with Gasteiger partial charge in [-0.25, -0.2) is 0 Å². The molecule has 0 aliphatic carbocycles. The molecule has 20 heavy (non-hydrogen) atoms. The van der Waals surface area contributed by atoms with Crippen molar-refractivity contribution in [1.29, 1.82) is 0 Å². The van der Waals surface area contributed by atoms with Gasteiger partial charge in [-0.15, -0.1) is 0 Å². The molecule has 102 valence electrons. The molecule has 0 atom stereocenters. The van der Waals surface area contributed by atoms with Gasteiger partial charge in [0.1, 0.15) is 5.00 Å². The predicted octanol–water partition coefficient (Wildman–Crippen LogP) is 3.86. The number of halogens is 1. The highest BCUT2D eigenvalue weighted by atomic mass is 35.5. The Hall–Kier alpha value is -1.92. The van der Waals surface area contributed by atoms with Gasteiger partial charge in [-0.1, -0.05) is 28.9 Å². The van der Waals surface area contributed by atoms with Crippen LogP contribution in [-0.2, 0) is 0 Å². The second-order valence-corrected chi connectivity index (χ2v) is 5.37. The average Bonchev–Trinajstić information content (AvgIpc) is 3.04. The summed E-state index contributed by atoms with van der Waals surface area (Å²) in [6.45, 7) is 1.91. The zero-order valence-corrected chi connectivity index (χ0v) is 12.4. The van der Waals surface area contributed by atoms with Crippen LogP contribution in [0.4, 0.5) is 5.00 Å².